The van der Waals surface area contributed by atoms with E-state index in [1.165, 1.54) is 4.88 Å². The summed E-state index contributed by atoms with van der Waals surface area (Å²) in [6.07, 6.45) is 3.54. The summed E-state index contributed by atoms with van der Waals surface area (Å²) in [4.78, 5) is 9.92. The molecule has 0 saturated heterocycles. The summed E-state index contributed by atoms with van der Waals surface area (Å²) in [7, 11) is 0. The zero-order valence-corrected chi connectivity index (χ0v) is 13.4. The molecule has 0 fully saturated rings. The molecule has 3 aromatic rings. The Kier molecular flexibility index (Phi) is 3.71. The number of hydrogen-bond donors (Lipinski definition) is 0. The van der Waals surface area contributed by atoms with Crippen LogP contribution in [-0.4, -0.2) is 14.5 Å². The molecule has 0 saturated carbocycles. The van der Waals surface area contributed by atoms with Crippen molar-refractivity contribution < 1.29 is 0 Å². The summed E-state index contributed by atoms with van der Waals surface area (Å²) in [6, 6.07) is 6.07. The van der Waals surface area contributed by atoms with Crippen LogP contribution >= 0.6 is 34.5 Å². The molecule has 0 amide bonds. The van der Waals surface area contributed by atoms with Gasteiger partial charge in [0.2, 0.25) is 0 Å². The Labute approximate surface area is 131 Å². The van der Waals surface area contributed by atoms with E-state index >= 15 is 0 Å². The Morgan fingerprint density at radius 1 is 1.25 bits per heavy atom. The van der Waals surface area contributed by atoms with Gasteiger partial charge in [-0.1, -0.05) is 11.6 Å². The highest BCUT2D eigenvalue weighted by atomic mass is 35.5. The predicted molar refractivity (Wildman–Crippen MR) is 84.9 cm³/mol. The molecule has 0 spiro atoms. The van der Waals surface area contributed by atoms with Crippen molar-refractivity contribution in [3.8, 4) is 0 Å². The van der Waals surface area contributed by atoms with Gasteiger partial charge in [0.05, 0.1) is 27.5 Å². The van der Waals surface area contributed by atoms with Gasteiger partial charge < -0.3 is 4.57 Å². The minimum absolute atomic E-state index is 0.135. The van der Waals surface area contributed by atoms with Crippen molar-refractivity contribution in [2.24, 2.45) is 0 Å². The summed E-state index contributed by atoms with van der Waals surface area (Å²) in [5, 5.41) is -0.166. The van der Waals surface area contributed by atoms with Gasteiger partial charge in [0.25, 0.3) is 0 Å². The Bertz CT molecular complexity index is 748. The number of hydrogen-bond acceptors (Lipinski definition) is 3. The van der Waals surface area contributed by atoms with E-state index in [-0.39, 0.29) is 11.4 Å². The SMILES string of the molecule is CC(Cl)c1nc2cnccc2n1C(C)c1ccc(Cl)s1. The Balaban J connectivity index is 2.20. The number of imidazole rings is 1. The molecule has 0 N–H and O–H groups in total. The van der Waals surface area contributed by atoms with Gasteiger partial charge in [-0.25, -0.2) is 4.98 Å². The molecule has 0 radical (unpaired) electrons. The van der Waals surface area contributed by atoms with Gasteiger partial charge in [0, 0.05) is 11.1 Å². The molecule has 104 valence electrons. The monoisotopic (exact) mass is 325 g/mol. The summed E-state index contributed by atoms with van der Waals surface area (Å²) in [5.74, 6) is 0.853. The van der Waals surface area contributed by atoms with Crippen molar-refractivity contribution in [1.29, 1.82) is 0 Å². The molecular formula is C14H13Cl2N3S. The van der Waals surface area contributed by atoms with E-state index in [0.717, 1.165) is 21.2 Å². The third-order valence-corrected chi connectivity index (χ3v) is 4.86. The first-order chi connectivity index (χ1) is 9.58. The lowest BCUT2D eigenvalue weighted by Crippen LogP contribution is -2.10. The first-order valence-corrected chi connectivity index (χ1v) is 7.92. The van der Waals surface area contributed by atoms with E-state index in [2.05, 4.69) is 21.5 Å². The van der Waals surface area contributed by atoms with E-state index in [0.29, 0.717) is 0 Å². The van der Waals surface area contributed by atoms with Crippen molar-refractivity contribution in [3.05, 3.63) is 45.6 Å². The summed E-state index contributed by atoms with van der Waals surface area (Å²) < 4.78 is 2.95. The molecular weight excluding hydrogens is 313 g/mol. The molecule has 2 unspecified atom stereocenters. The molecule has 2 atom stereocenters. The first kappa shape index (κ1) is 13.9. The van der Waals surface area contributed by atoms with Crippen LogP contribution in [0.3, 0.4) is 0 Å². The molecule has 3 aromatic heterocycles. The van der Waals surface area contributed by atoms with E-state index in [9.17, 15) is 0 Å². The van der Waals surface area contributed by atoms with E-state index < -0.39 is 0 Å². The van der Waals surface area contributed by atoms with Crippen LogP contribution in [0.25, 0.3) is 11.0 Å². The number of halogens is 2. The fourth-order valence-electron chi connectivity index (χ4n) is 2.34. The number of fused-ring (bicyclic) bond motifs is 1. The minimum atomic E-state index is -0.166. The topological polar surface area (TPSA) is 30.7 Å². The number of aromatic nitrogens is 3. The molecule has 0 aliphatic heterocycles. The molecule has 3 heterocycles. The summed E-state index contributed by atoms with van der Waals surface area (Å²) in [5.41, 5.74) is 1.91. The molecule has 3 nitrogen and oxygen atoms in total. The average Bonchev–Trinajstić information content (AvgIpc) is 3.01. The standard InChI is InChI=1S/C14H13Cl2N3S/c1-8(15)14-18-10-7-17-6-5-11(10)19(14)9(2)12-3-4-13(16)20-12/h3-9H,1-2H3. The second-order valence-corrected chi connectivity index (χ2v) is 7.04. The van der Waals surface area contributed by atoms with E-state index in [1.54, 1.807) is 23.7 Å². The van der Waals surface area contributed by atoms with Crippen LogP contribution in [0, 0.1) is 0 Å². The molecule has 0 aliphatic rings. The maximum absolute atomic E-state index is 6.29. The van der Waals surface area contributed by atoms with Gasteiger partial charge in [0.1, 0.15) is 11.3 Å². The van der Waals surface area contributed by atoms with Gasteiger partial charge in [0.15, 0.2) is 0 Å². The van der Waals surface area contributed by atoms with Crippen molar-refractivity contribution in [2.45, 2.75) is 25.3 Å². The number of alkyl halides is 1. The second kappa shape index (κ2) is 5.35. The maximum Gasteiger partial charge on any atom is 0.128 e. The van der Waals surface area contributed by atoms with E-state index in [4.69, 9.17) is 23.2 Å². The zero-order chi connectivity index (χ0) is 14.3. The highest BCUT2D eigenvalue weighted by Gasteiger charge is 2.21. The third-order valence-electron chi connectivity index (χ3n) is 3.27. The molecule has 0 aromatic carbocycles. The van der Waals surface area contributed by atoms with Gasteiger partial charge in [-0.2, -0.15) is 0 Å². The number of nitrogens with zero attached hydrogens (tertiary/aromatic N) is 3. The molecule has 6 heteroatoms. The lowest BCUT2D eigenvalue weighted by atomic mass is 10.2. The number of pyridine rings is 1. The van der Waals surface area contributed by atoms with Gasteiger partial charge in [-0.3, -0.25) is 4.98 Å². The fourth-order valence-corrected chi connectivity index (χ4v) is 3.59. The fraction of sp³-hybridized carbons (Fsp3) is 0.286. The Morgan fingerprint density at radius 3 is 2.70 bits per heavy atom. The molecule has 0 bridgehead atoms. The highest BCUT2D eigenvalue weighted by molar-refractivity contribution is 7.16. The maximum atomic E-state index is 6.29. The molecule has 20 heavy (non-hydrogen) atoms. The predicted octanol–water partition coefficient (Wildman–Crippen LogP) is 5.06. The highest BCUT2D eigenvalue weighted by Crippen LogP contribution is 2.34. The first-order valence-electron chi connectivity index (χ1n) is 6.29. The number of thiophene rings is 1. The largest absolute Gasteiger partial charge is 0.318 e. The van der Waals surface area contributed by atoms with Gasteiger partial charge in [-0.15, -0.1) is 22.9 Å². The normalized spacial score (nSPS) is 14.6. The average molecular weight is 326 g/mol. The van der Waals surface area contributed by atoms with Crippen LogP contribution in [-0.2, 0) is 0 Å². The second-order valence-electron chi connectivity index (χ2n) is 4.64. The van der Waals surface area contributed by atoms with Crippen molar-refractivity contribution in [3.63, 3.8) is 0 Å². The molecule has 0 aliphatic carbocycles. The smallest absolute Gasteiger partial charge is 0.128 e. The molecule has 3 rings (SSSR count). The van der Waals surface area contributed by atoms with E-state index in [1.807, 2.05) is 25.1 Å². The third kappa shape index (κ3) is 2.32. The van der Waals surface area contributed by atoms with Crippen molar-refractivity contribution in [1.82, 2.24) is 14.5 Å². The Hall–Kier alpha value is -1.10. The lowest BCUT2D eigenvalue weighted by molar-refractivity contribution is 0.628. The lowest BCUT2D eigenvalue weighted by Gasteiger charge is -2.17. The minimum Gasteiger partial charge on any atom is -0.318 e. The van der Waals surface area contributed by atoms with Crippen molar-refractivity contribution in [2.75, 3.05) is 0 Å². The summed E-state index contributed by atoms with van der Waals surface area (Å²) in [6.45, 7) is 4.06. The number of rotatable bonds is 3. The van der Waals surface area contributed by atoms with Crippen LogP contribution in [0.15, 0.2) is 30.6 Å². The Morgan fingerprint density at radius 2 is 2.05 bits per heavy atom. The zero-order valence-electron chi connectivity index (χ0n) is 11.0. The van der Waals surface area contributed by atoms with Crippen LogP contribution in [0.2, 0.25) is 4.34 Å². The quantitative estimate of drug-likeness (QED) is 0.630. The summed E-state index contributed by atoms with van der Waals surface area (Å²) >= 11 is 13.9. The van der Waals surface area contributed by atoms with Crippen LogP contribution in [0.4, 0.5) is 0 Å². The van der Waals surface area contributed by atoms with Gasteiger partial charge in [-0.05, 0) is 32.0 Å². The van der Waals surface area contributed by atoms with Crippen LogP contribution in [0.1, 0.15) is 36.0 Å². The van der Waals surface area contributed by atoms with Crippen LogP contribution in [0.5, 0.6) is 0 Å². The van der Waals surface area contributed by atoms with Gasteiger partial charge >= 0.3 is 0 Å². The van der Waals surface area contributed by atoms with Crippen LogP contribution < -0.4 is 0 Å². The van der Waals surface area contributed by atoms with Crippen molar-refractivity contribution >= 4 is 45.6 Å².